The van der Waals surface area contributed by atoms with E-state index in [1.807, 2.05) is 103 Å². The van der Waals surface area contributed by atoms with Crippen molar-refractivity contribution in [3.05, 3.63) is 117 Å². The highest BCUT2D eigenvalue weighted by Crippen LogP contribution is 2.24. The molecule has 0 atom stereocenters. The van der Waals surface area contributed by atoms with Gasteiger partial charge in [-0.25, -0.2) is 0 Å². The lowest BCUT2D eigenvalue weighted by Crippen LogP contribution is -2.32. The lowest BCUT2D eigenvalue weighted by atomic mass is 10.1. The van der Waals surface area contributed by atoms with Gasteiger partial charge in [-0.15, -0.1) is 12.6 Å². The number of thiol groups is 1. The first-order chi connectivity index (χ1) is 25.6. The van der Waals surface area contributed by atoms with Gasteiger partial charge in [-0.05, 0) is 174 Å². The Morgan fingerprint density at radius 1 is 0.648 bits per heavy atom. The molecule has 0 bridgehead atoms. The summed E-state index contributed by atoms with van der Waals surface area (Å²) in [7, 11) is 0. The van der Waals surface area contributed by atoms with Crippen LogP contribution in [0.1, 0.15) is 72.2 Å². The summed E-state index contributed by atoms with van der Waals surface area (Å²) in [6.45, 7) is 18.6. The molecule has 1 amide bonds. The first-order valence-corrected chi connectivity index (χ1v) is 18.7. The molecule has 0 unspecified atom stereocenters. The largest absolute Gasteiger partial charge is 0.508 e. The van der Waals surface area contributed by atoms with Gasteiger partial charge in [0.2, 0.25) is 0 Å². The van der Waals surface area contributed by atoms with Gasteiger partial charge in [0.15, 0.2) is 0 Å². The molecule has 4 rings (SSSR count). The Morgan fingerprint density at radius 3 is 1.54 bits per heavy atom. The number of rotatable bonds is 6. The van der Waals surface area contributed by atoms with Gasteiger partial charge in [0.1, 0.15) is 11.5 Å². The molecule has 4 aromatic rings. The van der Waals surface area contributed by atoms with Crippen molar-refractivity contribution in [1.29, 1.82) is 21.0 Å². The second kappa shape index (κ2) is 24.7. The van der Waals surface area contributed by atoms with E-state index in [1.54, 1.807) is 35.2 Å². The van der Waals surface area contributed by atoms with Crippen LogP contribution < -0.4 is 4.74 Å². The van der Waals surface area contributed by atoms with Crippen LogP contribution in [0.3, 0.4) is 0 Å². The van der Waals surface area contributed by atoms with Crippen molar-refractivity contribution < 1.29 is 14.6 Å². The van der Waals surface area contributed by atoms with Crippen LogP contribution in [-0.4, -0.2) is 51.5 Å². The van der Waals surface area contributed by atoms with Crippen molar-refractivity contribution in [3.63, 3.8) is 0 Å². The van der Waals surface area contributed by atoms with Crippen LogP contribution >= 0.6 is 36.6 Å². The Hall–Kier alpha value is -5.50. The van der Waals surface area contributed by atoms with Crippen molar-refractivity contribution in [1.82, 2.24) is 9.80 Å². The Labute approximate surface area is 335 Å². The molecular formula is C42H46N6O3S3. The minimum Gasteiger partial charge on any atom is -0.508 e. The molecule has 0 saturated carbocycles. The van der Waals surface area contributed by atoms with E-state index in [0.29, 0.717) is 46.3 Å². The fourth-order valence-electron chi connectivity index (χ4n) is 4.69. The minimum absolute atomic E-state index is 0.0319. The first-order valence-electron chi connectivity index (χ1n) is 17.0. The molecule has 12 heteroatoms. The zero-order valence-corrected chi connectivity index (χ0v) is 34.5. The maximum absolute atomic E-state index is 11.9. The van der Waals surface area contributed by atoms with E-state index >= 15 is 0 Å². The van der Waals surface area contributed by atoms with Crippen molar-refractivity contribution >= 4 is 47.0 Å². The maximum Gasteiger partial charge on any atom is 0.286 e. The summed E-state index contributed by atoms with van der Waals surface area (Å²) in [5.41, 5.74) is 6.31. The summed E-state index contributed by atoms with van der Waals surface area (Å²) >= 11 is 10.5. The number of amides is 1. The van der Waals surface area contributed by atoms with Gasteiger partial charge in [-0.3, -0.25) is 4.79 Å². The highest BCUT2D eigenvalue weighted by molar-refractivity contribution is 8.13. The summed E-state index contributed by atoms with van der Waals surface area (Å²) in [5, 5.41) is 44.1. The zero-order valence-electron chi connectivity index (χ0n) is 32.0. The number of aromatic hydroxyl groups is 1. The van der Waals surface area contributed by atoms with E-state index in [2.05, 4.69) is 30.8 Å². The average Bonchev–Trinajstić information content (AvgIpc) is 3.12. The zero-order chi connectivity index (χ0) is 40.8. The summed E-state index contributed by atoms with van der Waals surface area (Å²) in [5.74, 6) is 0.773. The van der Waals surface area contributed by atoms with Gasteiger partial charge >= 0.3 is 0 Å². The topological polar surface area (TPSA) is 148 Å². The number of nitrogens with zero attached hydrogens (tertiary/aromatic N) is 6. The Kier molecular flexibility index (Phi) is 21.3. The SMILES string of the molecule is CCN(CC)C(=O)Sc1cc(C)cc(C#N)c1.CCN(CC)C(=S)Oc1cc(C)cc(C#N)c1.Cc1cc(O)cc(C#N)c1.Cc1cc(S)cc(C#N)c1. The molecule has 0 fully saturated rings. The number of nitriles is 4. The molecule has 4 aromatic carbocycles. The fourth-order valence-corrected chi connectivity index (χ4v) is 6.41. The molecule has 1 N–H and O–H groups in total. The van der Waals surface area contributed by atoms with Crippen LogP contribution in [0.5, 0.6) is 11.5 Å². The summed E-state index contributed by atoms with van der Waals surface area (Å²) < 4.78 is 5.59. The number of carbonyl (C=O) groups excluding carboxylic acids is 1. The lowest BCUT2D eigenvalue weighted by molar-refractivity contribution is 0.228. The van der Waals surface area contributed by atoms with Crippen LogP contribution in [0.4, 0.5) is 4.79 Å². The van der Waals surface area contributed by atoms with Crippen molar-refractivity contribution in [2.75, 3.05) is 26.2 Å². The second-order valence-electron chi connectivity index (χ2n) is 11.7. The maximum atomic E-state index is 11.9. The number of phenolic OH excluding ortho intramolecular Hbond substituents is 1. The van der Waals surface area contributed by atoms with Gasteiger partial charge in [0.05, 0.1) is 46.5 Å². The molecule has 9 nitrogen and oxygen atoms in total. The number of phenols is 1. The van der Waals surface area contributed by atoms with Crippen LogP contribution in [0.25, 0.3) is 0 Å². The number of aryl methyl sites for hydroxylation is 4. The third-order valence-electron chi connectivity index (χ3n) is 7.20. The number of ether oxygens (including phenoxy) is 1. The van der Waals surface area contributed by atoms with Gasteiger partial charge in [-0.1, -0.05) is 0 Å². The Balaban J connectivity index is 0.000000371. The molecule has 280 valence electrons. The molecule has 0 aliphatic heterocycles. The Bertz CT molecular complexity index is 1860. The summed E-state index contributed by atoms with van der Waals surface area (Å²) in [6, 6.07) is 29.3. The third kappa shape index (κ3) is 17.3. The summed E-state index contributed by atoms with van der Waals surface area (Å²) in [6.07, 6.45) is 0. The number of hydrogen-bond donors (Lipinski definition) is 2. The highest BCUT2D eigenvalue weighted by atomic mass is 32.2. The molecule has 54 heavy (non-hydrogen) atoms. The molecule has 0 radical (unpaired) electrons. The number of carbonyl (C=O) groups is 1. The van der Waals surface area contributed by atoms with E-state index in [0.717, 1.165) is 45.1 Å². The number of benzene rings is 4. The normalized spacial score (nSPS) is 9.35. The lowest BCUT2D eigenvalue weighted by Gasteiger charge is -2.21. The second-order valence-corrected chi connectivity index (χ2v) is 13.6. The number of hydrogen-bond acceptors (Lipinski definition) is 10. The quantitative estimate of drug-likeness (QED) is 0.110. The molecule has 0 aromatic heterocycles. The average molecular weight is 779 g/mol. The number of thioether (sulfide) groups is 1. The fraction of sp³-hybridized carbons (Fsp3) is 0.286. The van der Waals surface area contributed by atoms with Crippen LogP contribution in [0.2, 0.25) is 0 Å². The molecule has 0 aliphatic rings. The van der Waals surface area contributed by atoms with Gasteiger partial charge in [-0.2, -0.15) is 21.0 Å². The Morgan fingerprint density at radius 2 is 1.07 bits per heavy atom. The van der Waals surface area contributed by atoms with Crippen molar-refractivity contribution in [2.24, 2.45) is 0 Å². The highest BCUT2D eigenvalue weighted by Gasteiger charge is 2.12. The summed E-state index contributed by atoms with van der Waals surface area (Å²) in [4.78, 5) is 17.3. The first kappa shape index (κ1) is 46.5. The van der Waals surface area contributed by atoms with E-state index < -0.39 is 0 Å². The van der Waals surface area contributed by atoms with Crippen molar-refractivity contribution in [3.8, 4) is 35.8 Å². The standard InChI is InChI=1S/2C13H16N2OS.C8H7NO.C8H7NS/c1-4-15(5-2)13(16)17-12-7-10(3)6-11(8-12)9-14;1-4-15(5-2)13(17)16-12-7-10(3)6-11(8-12)9-14;2*1-6-2-7(5-9)4-8(10)3-6/h2*6-8H,4-5H2,1-3H3;2*2-4,10H,1H3. The third-order valence-corrected chi connectivity index (χ3v) is 8.70. The monoisotopic (exact) mass is 778 g/mol. The predicted octanol–water partition coefficient (Wildman–Crippen LogP) is 10.0. The smallest absolute Gasteiger partial charge is 0.286 e. The van der Waals surface area contributed by atoms with Gasteiger partial charge < -0.3 is 19.6 Å². The molecule has 0 spiro atoms. The van der Waals surface area contributed by atoms with Gasteiger partial charge in [0, 0.05) is 36.0 Å². The van der Waals surface area contributed by atoms with E-state index in [9.17, 15) is 4.79 Å². The van der Waals surface area contributed by atoms with E-state index in [4.69, 9.17) is 43.1 Å². The van der Waals surface area contributed by atoms with E-state index in [1.165, 1.54) is 17.8 Å². The molecule has 0 saturated heterocycles. The van der Waals surface area contributed by atoms with Crippen LogP contribution in [-0.2, 0) is 0 Å². The number of thiocarbonyl (C=S) groups is 1. The predicted molar refractivity (Wildman–Crippen MR) is 223 cm³/mol. The minimum atomic E-state index is 0.0319. The van der Waals surface area contributed by atoms with Gasteiger partial charge in [0.25, 0.3) is 10.4 Å². The molecular weight excluding hydrogens is 733 g/mol. The van der Waals surface area contributed by atoms with E-state index in [-0.39, 0.29) is 11.0 Å². The van der Waals surface area contributed by atoms with Crippen molar-refractivity contribution in [2.45, 2.75) is 65.2 Å². The van der Waals surface area contributed by atoms with Crippen LogP contribution in [0, 0.1) is 73.0 Å². The molecule has 0 heterocycles. The van der Waals surface area contributed by atoms with Crippen LogP contribution in [0.15, 0.2) is 82.6 Å². The molecule has 0 aliphatic carbocycles.